The molecule has 0 saturated carbocycles. The van der Waals surface area contributed by atoms with E-state index in [1.807, 2.05) is 0 Å². The lowest BCUT2D eigenvalue weighted by Gasteiger charge is -2.26. The van der Waals surface area contributed by atoms with Crippen LogP contribution in [0.25, 0.3) is 0 Å². The Morgan fingerprint density at radius 2 is 1.67 bits per heavy atom. The number of nitrogens with zero attached hydrogens (tertiary/aromatic N) is 1. The minimum Gasteiger partial charge on any atom is -0.502 e. The minimum absolute atomic E-state index is 0.00539. The summed E-state index contributed by atoms with van der Waals surface area (Å²) in [4.78, 5) is 27.1. The van der Waals surface area contributed by atoms with Crippen LogP contribution in [0, 0.1) is 0 Å². The number of hydrogen-bond donors (Lipinski definition) is 1. The van der Waals surface area contributed by atoms with Crippen molar-refractivity contribution in [2.75, 3.05) is 41.5 Å². The first-order valence-electron chi connectivity index (χ1n) is 10.9. The first-order chi connectivity index (χ1) is 15.9. The Balaban J connectivity index is 2.11. The molecule has 0 amide bonds. The molecule has 1 fully saturated rings. The van der Waals surface area contributed by atoms with Crippen molar-refractivity contribution in [2.24, 2.45) is 0 Å². The topological polar surface area (TPSA) is 108 Å². The molecule has 180 valence electrons. The van der Waals surface area contributed by atoms with E-state index in [1.54, 1.807) is 12.1 Å². The Morgan fingerprint density at radius 3 is 2.21 bits per heavy atom. The number of hydrogen-bond acceptors (Lipinski definition) is 9. The molecule has 1 N–H and O–H groups in total. The molecule has 33 heavy (non-hydrogen) atoms. The maximum absolute atomic E-state index is 12.6. The molecule has 1 aliphatic heterocycles. The van der Waals surface area contributed by atoms with E-state index in [0.29, 0.717) is 35.1 Å². The van der Waals surface area contributed by atoms with E-state index in [0.717, 1.165) is 25.9 Å². The van der Waals surface area contributed by atoms with Gasteiger partial charge in [0.25, 0.3) is 0 Å². The summed E-state index contributed by atoms with van der Waals surface area (Å²) in [5.41, 5.74) is -0.0333. The summed E-state index contributed by atoms with van der Waals surface area (Å²) >= 11 is 0. The third kappa shape index (κ3) is 5.60. The number of esters is 1. The van der Waals surface area contributed by atoms with Crippen LogP contribution in [0.15, 0.2) is 27.4 Å². The predicted molar refractivity (Wildman–Crippen MR) is 120 cm³/mol. The van der Waals surface area contributed by atoms with Crippen LogP contribution in [0.3, 0.4) is 0 Å². The van der Waals surface area contributed by atoms with Gasteiger partial charge in [0.15, 0.2) is 17.3 Å². The minimum atomic E-state index is -0.819. The molecule has 0 radical (unpaired) electrons. The van der Waals surface area contributed by atoms with Crippen LogP contribution in [-0.2, 0) is 16.1 Å². The molecular weight excluding hydrogens is 430 g/mol. The van der Waals surface area contributed by atoms with Crippen LogP contribution in [0.4, 0.5) is 0 Å². The van der Waals surface area contributed by atoms with E-state index < -0.39 is 23.1 Å². The number of piperidine rings is 1. The molecule has 1 aliphatic rings. The Kier molecular flexibility index (Phi) is 8.21. The van der Waals surface area contributed by atoms with E-state index in [1.165, 1.54) is 40.9 Å². The molecule has 3 rings (SSSR count). The number of likely N-dealkylation sites (tertiary alicyclic amines) is 1. The molecule has 2 aromatic rings. The lowest BCUT2D eigenvalue weighted by molar-refractivity contribution is -0.140. The predicted octanol–water partition coefficient (Wildman–Crippen LogP) is 3.05. The molecule has 0 aliphatic carbocycles. The molecule has 0 spiro atoms. The second kappa shape index (κ2) is 11.1. The van der Waals surface area contributed by atoms with Crippen molar-refractivity contribution in [2.45, 2.75) is 38.1 Å². The van der Waals surface area contributed by atoms with Gasteiger partial charge in [0, 0.05) is 6.07 Å². The number of carbonyl (C=O) groups is 1. The zero-order valence-electron chi connectivity index (χ0n) is 19.5. The van der Waals surface area contributed by atoms with Gasteiger partial charge in [-0.3, -0.25) is 14.5 Å². The van der Waals surface area contributed by atoms with Crippen LogP contribution in [-0.4, -0.2) is 57.5 Å². The van der Waals surface area contributed by atoms with Crippen LogP contribution >= 0.6 is 0 Å². The van der Waals surface area contributed by atoms with Crippen molar-refractivity contribution in [1.29, 1.82) is 0 Å². The standard InChI is InChI=1S/C24H31NO8/c1-29-19-10-15(11-20(30-2)24(19)32-4)17(13-21(27)31-3)23-22(28)18(26)12-16(33-23)14-25-8-6-5-7-9-25/h10-12,17,28H,5-9,13-14H2,1-4H3. The highest BCUT2D eigenvalue weighted by Gasteiger charge is 2.29. The third-order valence-electron chi connectivity index (χ3n) is 5.83. The number of ether oxygens (including phenoxy) is 4. The van der Waals surface area contributed by atoms with Gasteiger partial charge in [-0.2, -0.15) is 0 Å². The Hall–Kier alpha value is -3.20. The summed E-state index contributed by atoms with van der Waals surface area (Å²) in [6, 6.07) is 4.62. The maximum Gasteiger partial charge on any atom is 0.306 e. The van der Waals surface area contributed by atoms with Crippen LogP contribution in [0.1, 0.15) is 48.7 Å². The van der Waals surface area contributed by atoms with Gasteiger partial charge in [-0.25, -0.2) is 0 Å². The average molecular weight is 462 g/mol. The summed E-state index contributed by atoms with van der Waals surface area (Å²) in [6.45, 7) is 2.28. The van der Waals surface area contributed by atoms with E-state index >= 15 is 0 Å². The zero-order valence-corrected chi connectivity index (χ0v) is 19.5. The van der Waals surface area contributed by atoms with Crippen molar-refractivity contribution in [1.82, 2.24) is 4.90 Å². The summed E-state index contributed by atoms with van der Waals surface area (Å²) in [5, 5.41) is 10.6. The van der Waals surface area contributed by atoms with Crippen molar-refractivity contribution < 1.29 is 33.3 Å². The van der Waals surface area contributed by atoms with Gasteiger partial charge in [0.05, 0.1) is 47.3 Å². The fraction of sp³-hybridized carbons (Fsp3) is 0.500. The van der Waals surface area contributed by atoms with E-state index in [4.69, 9.17) is 23.4 Å². The molecule has 1 unspecified atom stereocenters. The smallest absolute Gasteiger partial charge is 0.306 e. The Morgan fingerprint density at radius 1 is 1.03 bits per heavy atom. The van der Waals surface area contributed by atoms with Gasteiger partial charge in [0.1, 0.15) is 5.76 Å². The lowest BCUT2D eigenvalue weighted by atomic mass is 9.91. The summed E-state index contributed by atoms with van der Waals surface area (Å²) < 4.78 is 27.2. The molecular formula is C24H31NO8. The Bertz CT molecular complexity index is 1000. The summed E-state index contributed by atoms with van der Waals surface area (Å²) in [6.07, 6.45) is 3.19. The number of methoxy groups -OCH3 is 4. The normalized spacial score (nSPS) is 15.0. The van der Waals surface area contributed by atoms with Gasteiger partial charge >= 0.3 is 5.97 Å². The third-order valence-corrected chi connectivity index (χ3v) is 5.83. The van der Waals surface area contributed by atoms with Gasteiger partial charge in [-0.1, -0.05) is 6.42 Å². The van der Waals surface area contributed by atoms with E-state index in [2.05, 4.69) is 4.90 Å². The fourth-order valence-electron chi connectivity index (χ4n) is 4.12. The van der Waals surface area contributed by atoms with E-state index in [9.17, 15) is 14.7 Å². The van der Waals surface area contributed by atoms with Crippen molar-refractivity contribution >= 4 is 5.97 Å². The van der Waals surface area contributed by atoms with Gasteiger partial charge in [-0.05, 0) is 43.6 Å². The SMILES string of the molecule is COC(=O)CC(c1cc(OC)c(OC)c(OC)c1)c1oc(CN2CCCCC2)cc(=O)c1O. The largest absolute Gasteiger partial charge is 0.502 e. The number of aromatic hydroxyl groups is 1. The molecule has 2 heterocycles. The first kappa shape index (κ1) is 24.4. The Labute approximate surface area is 192 Å². The number of benzene rings is 1. The van der Waals surface area contributed by atoms with Crippen LogP contribution < -0.4 is 19.6 Å². The van der Waals surface area contributed by atoms with Crippen LogP contribution in [0.5, 0.6) is 23.0 Å². The number of rotatable bonds is 9. The van der Waals surface area contributed by atoms with Gasteiger partial charge < -0.3 is 28.5 Å². The highest BCUT2D eigenvalue weighted by atomic mass is 16.5. The van der Waals surface area contributed by atoms with Gasteiger partial charge in [0.2, 0.25) is 16.9 Å². The number of carbonyl (C=O) groups excluding carboxylic acids is 1. The first-order valence-corrected chi connectivity index (χ1v) is 10.9. The summed E-state index contributed by atoms with van der Waals surface area (Å²) in [5.74, 6) is -0.352. The second-order valence-corrected chi connectivity index (χ2v) is 7.92. The second-order valence-electron chi connectivity index (χ2n) is 7.92. The van der Waals surface area contributed by atoms with E-state index in [-0.39, 0.29) is 12.2 Å². The molecule has 0 bridgehead atoms. The maximum atomic E-state index is 12.6. The lowest BCUT2D eigenvalue weighted by Crippen LogP contribution is -2.29. The molecule has 9 nitrogen and oxygen atoms in total. The fourth-order valence-corrected chi connectivity index (χ4v) is 4.12. The summed E-state index contributed by atoms with van der Waals surface area (Å²) in [7, 11) is 5.72. The quantitative estimate of drug-likeness (QED) is 0.564. The molecule has 9 heteroatoms. The van der Waals surface area contributed by atoms with Crippen molar-refractivity contribution in [3.8, 4) is 23.0 Å². The van der Waals surface area contributed by atoms with Crippen molar-refractivity contribution in [3.05, 3.63) is 45.5 Å². The van der Waals surface area contributed by atoms with Crippen molar-refractivity contribution in [3.63, 3.8) is 0 Å². The average Bonchev–Trinajstić information content (AvgIpc) is 2.84. The highest BCUT2D eigenvalue weighted by molar-refractivity contribution is 5.71. The molecule has 1 aromatic heterocycles. The zero-order chi connectivity index (χ0) is 24.0. The molecule has 1 atom stereocenters. The van der Waals surface area contributed by atoms with Crippen LogP contribution in [0.2, 0.25) is 0 Å². The highest BCUT2D eigenvalue weighted by Crippen LogP contribution is 2.43. The molecule has 1 aromatic carbocycles. The molecule has 1 saturated heterocycles. The van der Waals surface area contributed by atoms with Gasteiger partial charge in [-0.15, -0.1) is 0 Å². The monoisotopic (exact) mass is 461 g/mol.